The molecule has 2 aromatic rings. The lowest BCUT2D eigenvalue weighted by Crippen LogP contribution is -2.37. The van der Waals surface area contributed by atoms with Gasteiger partial charge in [-0.15, -0.1) is 0 Å². The van der Waals surface area contributed by atoms with E-state index in [1.165, 1.54) is 12.8 Å². The van der Waals surface area contributed by atoms with Crippen LogP contribution in [-0.2, 0) is 0 Å². The molecule has 0 bridgehead atoms. The molecule has 1 fully saturated rings. The van der Waals surface area contributed by atoms with Gasteiger partial charge < -0.3 is 15.5 Å². The van der Waals surface area contributed by atoms with Crippen molar-refractivity contribution in [3.05, 3.63) is 18.5 Å². The number of hydrogen-bond acceptors (Lipinski definition) is 7. The molecule has 3 heterocycles. The summed E-state index contributed by atoms with van der Waals surface area (Å²) in [5.74, 6) is 1.22. The fourth-order valence-electron chi connectivity index (χ4n) is 2.64. The summed E-state index contributed by atoms with van der Waals surface area (Å²) < 4.78 is 1.58. The lowest BCUT2D eigenvalue weighted by molar-refractivity contribution is 0.313. The van der Waals surface area contributed by atoms with Crippen LogP contribution in [0.25, 0.3) is 5.95 Å². The van der Waals surface area contributed by atoms with Crippen molar-refractivity contribution in [1.29, 1.82) is 0 Å². The summed E-state index contributed by atoms with van der Waals surface area (Å²) in [6.45, 7) is 2.02. The van der Waals surface area contributed by atoms with Gasteiger partial charge in [-0.25, -0.2) is 4.68 Å². The van der Waals surface area contributed by atoms with Crippen molar-refractivity contribution in [3.63, 3.8) is 0 Å². The minimum Gasteiger partial charge on any atom is -0.368 e. The van der Waals surface area contributed by atoms with E-state index in [1.807, 2.05) is 18.0 Å². The summed E-state index contributed by atoms with van der Waals surface area (Å²) in [6.07, 6.45) is 5.90. The van der Waals surface area contributed by atoms with Crippen LogP contribution >= 0.6 is 0 Å². The minimum atomic E-state index is 0.206. The van der Waals surface area contributed by atoms with Crippen LogP contribution in [0.3, 0.4) is 0 Å². The number of nitrogens with zero attached hydrogens (tertiary/aromatic N) is 7. The predicted octanol–water partition coefficient (Wildman–Crippen LogP) is 0.170. The number of hydrogen-bond donors (Lipinski definition) is 1. The first-order valence-corrected chi connectivity index (χ1v) is 7.06. The molecule has 2 N–H and O–H groups in total. The van der Waals surface area contributed by atoms with E-state index in [4.69, 9.17) is 5.73 Å². The van der Waals surface area contributed by atoms with Crippen molar-refractivity contribution in [1.82, 2.24) is 29.6 Å². The van der Waals surface area contributed by atoms with Crippen LogP contribution in [-0.4, -0.2) is 62.9 Å². The molecule has 1 aliphatic heterocycles. The maximum Gasteiger partial charge on any atom is 0.257 e. The number of rotatable bonds is 4. The van der Waals surface area contributed by atoms with Crippen molar-refractivity contribution >= 4 is 11.9 Å². The summed E-state index contributed by atoms with van der Waals surface area (Å²) in [6, 6.07) is 2.35. The zero-order valence-electron chi connectivity index (χ0n) is 12.3. The first-order valence-electron chi connectivity index (χ1n) is 7.06. The van der Waals surface area contributed by atoms with Gasteiger partial charge in [0.2, 0.25) is 11.9 Å². The van der Waals surface area contributed by atoms with Crippen molar-refractivity contribution in [2.75, 3.05) is 37.8 Å². The fourth-order valence-corrected chi connectivity index (χ4v) is 2.64. The Bertz CT molecular complexity index is 596. The molecule has 8 heteroatoms. The van der Waals surface area contributed by atoms with Crippen molar-refractivity contribution in [3.8, 4) is 5.95 Å². The number of likely N-dealkylation sites (N-methyl/N-ethyl adjacent to an activating group) is 2. The van der Waals surface area contributed by atoms with Gasteiger partial charge in [0, 0.05) is 32.0 Å². The van der Waals surface area contributed by atoms with Gasteiger partial charge in [-0.3, -0.25) is 0 Å². The second-order valence-electron chi connectivity index (χ2n) is 5.40. The van der Waals surface area contributed by atoms with E-state index in [0.29, 0.717) is 17.9 Å². The molecule has 0 amide bonds. The van der Waals surface area contributed by atoms with E-state index in [0.717, 1.165) is 13.1 Å². The van der Waals surface area contributed by atoms with Crippen LogP contribution in [0.2, 0.25) is 0 Å². The summed E-state index contributed by atoms with van der Waals surface area (Å²) in [4.78, 5) is 17.2. The quantitative estimate of drug-likeness (QED) is 0.857. The van der Waals surface area contributed by atoms with E-state index < -0.39 is 0 Å². The molecule has 1 saturated heterocycles. The first-order chi connectivity index (χ1) is 10.1. The molecular weight excluding hydrogens is 268 g/mol. The smallest absolute Gasteiger partial charge is 0.257 e. The average molecular weight is 288 g/mol. The molecule has 8 nitrogen and oxygen atoms in total. The third-order valence-corrected chi connectivity index (χ3v) is 3.84. The first kappa shape index (κ1) is 13.7. The largest absolute Gasteiger partial charge is 0.368 e. The molecule has 0 aromatic carbocycles. The third kappa shape index (κ3) is 2.94. The maximum absolute atomic E-state index is 5.80. The summed E-state index contributed by atoms with van der Waals surface area (Å²) in [5, 5.41) is 4.12. The normalized spacial score (nSPS) is 19.0. The molecular formula is C13H20N8. The zero-order valence-corrected chi connectivity index (χ0v) is 12.3. The molecule has 0 spiro atoms. The van der Waals surface area contributed by atoms with Gasteiger partial charge in [0.15, 0.2) is 0 Å². The van der Waals surface area contributed by atoms with E-state index in [9.17, 15) is 0 Å². The van der Waals surface area contributed by atoms with Crippen molar-refractivity contribution < 1.29 is 0 Å². The summed E-state index contributed by atoms with van der Waals surface area (Å²) in [7, 11) is 4.14. The molecule has 2 aromatic heterocycles. The number of likely N-dealkylation sites (tertiary alicyclic amines) is 1. The highest BCUT2D eigenvalue weighted by Crippen LogP contribution is 2.18. The predicted molar refractivity (Wildman–Crippen MR) is 80.3 cm³/mol. The Kier molecular flexibility index (Phi) is 3.70. The number of aromatic nitrogens is 5. The Labute approximate surface area is 123 Å². The summed E-state index contributed by atoms with van der Waals surface area (Å²) in [5.41, 5.74) is 5.80. The van der Waals surface area contributed by atoms with Crippen LogP contribution in [0.5, 0.6) is 0 Å². The van der Waals surface area contributed by atoms with Gasteiger partial charge in [-0.05, 0) is 32.5 Å². The molecule has 112 valence electrons. The average Bonchev–Trinajstić information content (AvgIpc) is 3.11. The topological polar surface area (TPSA) is 89.0 Å². The molecule has 1 unspecified atom stereocenters. The van der Waals surface area contributed by atoms with Gasteiger partial charge in [0.1, 0.15) is 0 Å². The van der Waals surface area contributed by atoms with Gasteiger partial charge in [-0.1, -0.05) is 0 Å². The fraction of sp³-hybridized carbons (Fsp3) is 0.538. The monoisotopic (exact) mass is 288 g/mol. The molecule has 0 aliphatic carbocycles. The highest BCUT2D eigenvalue weighted by molar-refractivity contribution is 5.37. The Morgan fingerprint density at radius 1 is 1.38 bits per heavy atom. The minimum absolute atomic E-state index is 0.206. The number of nitrogen functional groups attached to an aromatic ring is 1. The highest BCUT2D eigenvalue weighted by Gasteiger charge is 2.23. The molecule has 1 atom stereocenters. The lowest BCUT2D eigenvalue weighted by atomic mass is 10.2. The van der Waals surface area contributed by atoms with Crippen LogP contribution in [0.1, 0.15) is 12.8 Å². The molecule has 1 aliphatic rings. The Morgan fingerprint density at radius 3 is 2.90 bits per heavy atom. The Balaban J connectivity index is 1.81. The van der Waals surface area contributed by atoms with Crippen LogP contribution in [0, 0.1) is 0 Å². The zero-order chi connectivity index (χ0) is 14.8. The molecule has 21 heavy (non-hydrogen) atoms. The Morgan fingerprint density at radius 2 is 2.24 bits per heavy atom. The van der Waals surface area contributed by atoms with Crippen molar-refractivity contribution in [2.45, 2.75) is 18.9 Å². The van der Waals surface area contributed by atoms with Crippen molar-refractivity contribution in [2.24, 2.45) is 0 Å². The molecule has 0 radical (unpaired) electrons. The number of anilines is 2. The third-order valence-electron chi connectivity index (χ3n) is 3.84. The summed E-state index contributed by atoms with van der Waals surface area (Å²) >= 11 is 0. The second-order valence-corrected chi connectivity index (χ2v) is 5.40. The highest BCUT2D eigenvalue weighted by atomic mass is 15.4. The van der Waals surface area contributed by atoms with Gasteiger partial charge >= 0.3 is 0 Å². The van der Waals surface area contributed by atoms with E-state index >= 15 is 0 Å². The Hall–Kier alpha value is -2.22. The van der Waals surface area contributed by atoms with Crippen LogP contribution in [0.15, 0.2) is 18.5 Å². The molecule has 3 rings (SSSR count). The standard InChI is InChI=1S/C13H20N8/c1-19-7-3-5-10(19)9-20(2)12-16-11(14)17-13(18-12)21-8-4-6-15-21/h4,6,8,10H,3,5,7,9H2,1-2H3,(H2,14,16,17,18). The maximum atomic E-state index is 5.80. The SMILES string of the molecule is CN(CC1CCCN1C)c1nc(N)nc(-n2cccn2)n1. The molecule has 0 saturated carbocycles. The lowest BCUT2D eigenvalue weighted by Gasteiger charge is -2.25. The van der Waals surface area contributed by atoms with Crippen LogP contribution < -0.4 is 10.6 Å². The van der Waals surface area contributed by atoms with E-state index in [-0.39, 0.29) is 5.95 Å². The van der Waals surface area contributed by atoms with Crippen LogP contribution in [0.4, 0.5) is 11.9 Å². The van der Waals surface area contributed by atoms with E-state index in [1.54, 1.807) is 17.1 Å². The van der Waals surface area contributed by atoms with Gasteiger partial charge in [0.25, 0.3) is 5.95 Å². The second kappa shape index (κ2) is 5.65. The van der Waals surface area contributed by atoms with Gasteiger partial charge in [0.05, 0.1) is 0 Å². The van der Waals surface area contributed by atoms with Gasteiger partial charge in [-0.2, -0.15) is 20.1 Å². The number of nitrogens with two attached hydrogens (primary N) is 1. The van der Waals surface area contributed by atoms with E-state index in [2.05, 4.69) is 32.0 Å².